The van der Waals surface area contributed by atoms with Gasteiger partial charge in [-0.2, -0.15) is 0 Å². The van der Waals surface area contributed by atoms with Gasteiger partial charge in [-0.3, -0.25) is 4.90 Å². The molecule has 4 heteroatoms. The summed E-state index contributed by atoms with van der Waals surface area (Å²) in [5.74, 6) is 0. The van der Waals surface area contributed by atoms with Crippen molar-refractivity contribution in [2.24, 2.45) is 0 Å². The van der Waals surface area contributed by atoms with E-state index in [0.717, 1.165) is 26.2 Å². The van der Waals surface area contributed by atoms with E-state index in [1.165, 1.54) is 5.57 Å². The summed E-state index contributed by atoms with van der Waals surface area (Å²) < 4.78 is 10.2. The maximum absolute atomic E-state index is 9.53. The number of aliphatic hydroxyl groups excluding tert-OH is 1. The molecule has 0 aliphatic carbocycles. The van der Waals surface area contributed by atoms with Crippen molar-refractivity contribution < 1.29 is 14.6 Å². The summed E-state index contributed by atoms with van der Waals surface area (Å²) in [6.07, 6.45) is 2.82. The van der Waals surface area contributed by atoms with Crippen LogP contribution in [0, 0.1) is 0 Å². The summed E-state index contributed by atoms with van der Waals surface area (Å²) in [6, 6.07) is 0. The molecule has 0 spiro atoms. The quantitative estimate of drug-likeness (QED) is 0.646. The van der Waals surface area contributed by atoms with Crippen LogP contribution >= 0.6 is 0 Å². The largest absolute Gasteiger partial charge is 0.389 e. The van der Waals surface area contributed by atoms with Crippen LogP contribution in [0.5, 0.6) is 0 Å². The third kappa shape index (κ3) is 5.28. The summed E-state index contributed by atoms with van der Waals surface area (Å²) in [5.41, 5.74) is 1.30. The minimum atomic E-state index is -0.412. The molecule has 1 atom stereocenters. The van der Waals surface area contributed by atoms with E-state index < -0.39 is 6.10 Å². The van der Waals surface area contributed by atoms with Gasteiger partial charge in [0, 0.05) is 20.2 Å². The average molecular weight is 215 g/mol. The van der Waals surface area contributed by atoms with E-state index in [2.05, 4.69) is 11.0 Å². The molecule has 1 rings (SSSR count). The summed E-state index contributed by atoms with van der Waals surface area (Å²) in [5, 5.41) is 9.53. The number of rotatable bonds is 6. The van der Waals surface area contributed by atoms with Gasteiger partial charge in [0.15, 0.2) is 0 Å². The Bertz CT molecular complexity index is 206. The van der Waals surface area contributed by atoms with Gasteiger partial charge in [-0.25, -0.2) is 0 Å². The SMILES string of the molecule is COCC(O)CN(C)CC1=CCCOC1. The van der Waals surface area contributed by atoms with Gasteiger partial charge >= 0.3 is 0 Å². The number of likely N-dealkylation sites (N-methyl/N-ethyl adjacent to an activating group) is 1. The predicted octanol–water partition coefficient (Wildman–Crippen LogP) is 0.272. The van der Waals surface area contributed by atoms with Crippen molar-refractivity contribution in [1.82, 2.24) is 4.90 Å². The van der Waals surface area contributed by atoms with Crippen LogP contribution in [0.4, 0.5) is 0 Å². The third-order valence-electron chi connectivity index (χ3n) is 2.34. The highest BCUT2D eigenvalue weighted by Crippen LogP contribution is 2.07. The lowest BCUT2D eigenvalue weighted by atomic mass is 10.2. The number of ether oxygens (including phenoxy) is 2. The monoisotopic (exact) mass is 215 g/mol. The molecule has 1 heterocycles. The van der Waals surface area contributed by atoms with Gasteiger partial charge < -0.3 is 14.6 Å². The Morgan fingerprint density at radius 1 is 1.67 bits per heavy atom. The molecule has 1 aliphatic heterocycles. The first-order chi connectivity index (χ1) is 7.22. The lowest BCUT2D eigenvalue weighted by Gasteiger charge is -2.23. The second kappa shape index (κ2) is 6.95. The smallest absolute Gasteiger partial charge is 0.0900 e. The molecule has 88 valence electrons. The second-order valence-corrected chi connectivity index (χ2v) is 4.01. The molecular formula is C11H21NO3. The zero-order valence-electron chi connectivity index (χ0n) is 9.61. The average Bonchev–Trinajstić information content (AvgIpc) is 2.19. The molecule has 0 aromatic rings. The highest BCUT2D eigenvalue weighted by atomic mass is 16.5. The lowest BCUT2D eigenvalue weighted by molar-refractivity contribution is 0.0437. The van der Waals surface area contributed by atoms with Gasteiger partial charge in [-0.15, -0.1) is 0 Å². The highest BCUT2D eigenvalue weighted by Gasteiger charge is 2.10. The first-order valence-corrected chi connectivity index (χ1v) is 5.33. The van der Waals surface area contributed by atoms with Crippen molar-refractivity contribution in [3.63, 3.8) is 0 Å². The fourth-order valence-corrected chi connectivity index (χ4v) is 1.73. The Kier molecular flexibility index (Phi) is 5.86. The molecule has 0 bridgehead atoms. The van der Waals surface area contributed by atoms with Crippen LogP contribution in [0.2, 0.25) is 0 Å². The predicted molar refractivity (Wildman–Crippen MR) is 58.9 cm³/mol. The summed E-state index contributed by atoms with van der Waals surface area (Å²) in [4.78, 5) is 2.09. The number of aliphatic hydroxyl groups is 1. The Labute approximate surface area is 91.5 Å². The van der Waals surface area contributed by atoms with E-state index in [1.807, 2.05) is 7.05 Å². The summed E-state index contributed by atoms with van der Waals surface area (Å²) >= 11 is 0. The minimum absolute atomic E-state index is 0.389. The molecule has 0 saturated carbocycles. The summed E-state index contributed by atoms with van der Waals surface area (Å²) in [7, 11) is 3.59. The van der Waals surface area contributed by atoms with Gasteiger partial charge in [0.1, 0.15) is 0 Å². The Balaban J connectivity index is 2.22. The van der Waals surface area contributed by atoms with Crippen LogP contribution in [0.25, 0.3) is 0 Å². The van der Waals surface area contributed by atoms with E-state index in [4.69, 9.17) is 9.47 Å². The molecular weight excluding hydrogens is 194 g/mol. The van der Waals surface area contributed by atoms with Crippen LogP contribution < -0.4 is 0 Å². The molecule has 0 amide bonds. The molecule has 1 N–H and O–H groups in total. The fourth-order valence-electron chi connectivity index (χ4n) is 1.73. The molecule has 15 heavy (non-hydrogen) atoms. The second-order valence-electron chi connectivity index (χ2n) is 4.01. The molecule has 0 fully saturated rings. The van der Waals surface area contributed by atoms with E-state index in [-0.39, 0.29) is 0 Å². The lowest BCUT2D eigenvalue weighted by Crippen LogP contribution is -2.34. The molecule has 0 aromatic heterocycles. The Morgan fingerprint density at radius 3 is 3.07 bits per heavy atom. The van der Waals surface area contributed by atoms with Crippen molar-refractivity contribution in [3.05, 3.63) is 11.6 Å². The zero-order chi connectivity index (χ0) is 11.1. The van der Waals surface area contributed by atoms with Gasteiger partial charge in [0.25, 0.3) is 0 Å². The van der Waals surface area contributed by atoms with E-state index in [9.17, 15) is 5.11 Å². The van der Waals surface area contributed by atoms with Crippen molar-refractivity contribution in [2.75, 3.05) is 47.1 Å². The molecule has 0 radical (unpaired) electrons. The molecule has 1 aliphatic rings. The van der Waals surface area contributed by atoms with Crippen LogP contribution in [0.15, 0.2) is 11.6 Å². The number of hydrogen-bond acceptors (Lipinski definition) is 4. The van der Waals surface area contributed by atoms with E-state index in [0.29, 0.717) is 13.2 Å². The van der Waals surface area contributed by atoms with Crippen molar-refractivity contribution >= 4 is 0 Å². The van der Waals surface area contributed by atoms with Gasteiger partial charge in [0.05, 0.1) is 25.9 Å². The fraction of sp³-hybridized carbons (Fsp3) is 0.818. The molecule has 4 nitrogen and oxygen atoms in total. The van der Waals surface area contributed by atoms with Gasteiger partial charge in [0.2, 0.25) is 0 Å². The molecule has 1 unspecified atom stereocenters. The number of hydrogen-bond donors (Lipinski definition) is 1. The topological polar surface area (TPSA) is 41.9 Å². The maximum Gasteiger partial charge on any atom is 0.0900 e. The molecule has 0 saturated heterocycles. The van der Waals surface area contributed by atoms with Gasteiger partial charge in [-0.05, 0) is 19.0 Å². The first-order valence-electron chi connectivity index (χ1n) is 5.33. The Morgan fingerprint density at radius 2 is 2.47 bits per heavy atom. The number of nitrogens with zero attached hydrogens (tertiary/aromatic N) is 1. The maximum atomic E-state index is 9.53. The first kappa shape index (κ1) is 12.6. The zero-order valence-corrected chi connectivity index (χ0v) is 9.61. The van der Waals surface area contributed by atoms with Crippen molar-refractivity contribution in [2.45, 2.75) is 12.5 Å². The van der Waals surface area contributed by atoms with Crippen LogP contribution in [-0.4, -0.2) is 63.2 Å². The normalized spacial score (nSPS) is 19.1. The number of methoxy groups -OCH3 is 1. The van der Waals surface area contributed by atoms with Crippen molar-refractivity contribution in [3.8, 4) is 0 Å². The third-order valence-corrected chi connectivity index (χ3v) is 2.34. The highest BCUT2D eigenvalue weighted by molar-refractivity contribution is 5.06. The standard InChI is InChI=1S/C11H21NO3/c1-12(7-11(13)9-14-2)6-10-4-3-5-15-8-10/h4,11,13H,3,5-9H2,1-2H3. The van der Waals surface area contributed by atoms with Crippen molar-refractivity contribution in [1.29, 1.82) is 0 Å². The van der Waals surface area contributed by atoms with Crippen LogP contribution in [0.3, 0.4) is 0 Å². The van der Waals surface area contributed by atoms with Crippen LogP contribution in [-0.2, 0) is 9.47 Å². The minimum Gasteiger partial charge on any atom is -0.389 e. The molecule has 0 aromatic carbocycles. The van der Waals surface area contributed by atoms with E-state index in [1.54, 1.807) is 7.11 Å². The summed E-state index contributed by atoms with van der Waals surface area (Å²) in [6.45, 7) is 3.44. The van der Waals surface area contributed by atoms with Crippen LogP contribution in [0.1, 0.15) is 6.42 Å². The van der Waals surface area contributed by atoms with Gasteiger partial charge in [-0.1, -0.05) is 6.08 Å². The Hall–Kier alpha value is -0.420. The van der Waals surface area contributed by atoms with E-state index >= 15 is 0 Å².